The molecule has 1 unspecified atom stereocenters. The van der Waals surface area contributed by atoms with E-state index in [9.17, 15) is 39.6 Å². The predicted octanol–water partition coefficient (Wildman–Crippen LogP) is 4.20. The molecular weight excluding hydrogens is 450 g/mol. The fraction of sp³-hybridized carbons (Fsp3) is 0.316. The molecule has 2 aromatic carbocycles. The Hall–Kier alpha value is -2.76. The molecule has 170 valence electrons. The van der Waals surface area contributed by atoms with E-state index in [-0.39, 0.29) is 17.8 Å². The van der Waals surface area contributed by atoms with Gasteiger partial charge >= 0.3 is 12.4 Å². The van der Waals surface area contributed by atoms with Crippen LogP contribution in [0.15, 0.2) is 48.5 Å². The maximum atomic E-state index is 13.0. The first-order valence-electron chi connectivity index (χ1n) is 8.71. The van der Waals surface area contributed by atoms with Crippen LogP contribution in [0.1, 0.15) is 23.6 Å². The van der Waals surface area contributed by atoms with Gasteiger partial charge in [0.05, 0.1) is 23.1 Å². The summed E-state index contributed by atoms with van der Waals surface area (Å²) in [4.78, 5) is 12.5. The van der Waals surface area contributed by atoms with Crippen molar-refractivity contribution in [3.05, 3.63) is 65.2 Å². The summed E-state index contributed by atoms with van der Waals surface area (Å²) in [6.45, 7) is 0.816. The van der Waals surface area contributed by atoms with E-state index in [1.165, 1.54) is 6.07 Å². The van der Waals surface area contributed by atoms with Crippen LogP contribution in [-0.4, -0.2) is 26.6 Å². The van der Waals surface area contributed by atoms with E-state index < -0.39 is 45.5 Å². The van der Waals surface area contributed by atoms with E-state index in [1.54, 1.807) is 0 Å². The van der Waals surface area contributed by atoms with Gasteiger partial charge in [-0.2, -0.15) is 26.3 Å². The third-order valence-electron chi connectivity index (χ3n) is 4.24. The Morgan fingerprint density at radius 3 is 2.00 bits per heavy atom. The SMILES string of the molecule is CC(C(=O)NCc1cccc(C(F)(F)F)c1)N(c1cccc(C(F)(F)F)c1)S(C)(=O)=O. The van der Waals surface area contributed by atoms with Crippen LogP contribution in [0.2, 0.25) is 0 Å². The first-order chi connectivity index (χ1) is 14.1. The fourth-order valence-electron chi connectivity index (χ4n) is 2.82. The van der Waals surface area contributed by atoms with Gasteiger partial charge in [0.25, 0.3) is 0 Å². The number of rotatable bonds is 6. The molecule has 0 saturated carbocycles. The van der Waals surface area contributed by atoms with Gasteiger partial charge < -0.3 is 5.32 Å². The Morgan fingerprint density at radius 2 is 1.48 bits per heavy atom. The number of sulfonamides is 1. The number of carbonyl (C=O) groups excluding carboxylic acids is 1. The third kappa shape index (κ3) is 6.36. The number of carbonyl (C=O) groups is 1. The molecular formula is C19H18F6N2O3S. The number of alkyl halides is 6. The summed E-state index contributed by atoms with van der Waals surface area (Å²) in [6, 6.07) is 6.15. The Labute approximate surface area is 174 Å². The number of hydrogen-bond donors (Lipinski definition) is 1. The molecule has 1 atom stereocenters. The van der Waals surface area contributed by atoms with Crippen LogP contribution in [0.5, 0.6) is 0 Å². The molecule has 31 heavy (non-hydrogen) atoms. The van der Waals surface area contributed by atoms with Crippen molar-refractivity contribution in [2.75, 3.05) is 10.6 Å². The van der Waals surface area contributed by atoms with Crippen molar-refractivity contribution in [2.24, 2.45) is 0 Å². The Morgan fingerprint density at radius 1 is 0.968 bits per heavy atom. The summed E-state index contributed by atoms with van der Waals surface area (Å²) in [7, 11) is -4.18. The van der Waals surface area contributed by atoms with Crippen molar-refractivity contribution in [3.8, 4) is 0 Å². The van der Waals surface area contributed by atoms with Gasteiger partial charge in [-0.15, -0.1) is 0 Å². The van der Waals surface area contributed by atoms with Crippen LogP contribution >= 0.6 is 0 Å². The summed E-state index contributed by atoms with van der Waals surface area (Å²) >= 11 is 0. The van der Waals surface area contributed by atoms with Gasteiger partial charge in [0, 0.05) is 6.54 Å². The molecule has 2 rings (SSSR count). The van der Waals surface area contributed by atoms with Gasteiger partial charge in [0.15, 0.2) is 0 Å². The van der Waals surface area contributed by atoms with Crippen LogP contribution in [-0.2, 0) is 33.7 Å². The van der Waals surface area contributed by atoms with E-state index in [4.69, 9.17) is 0 Å². The Bertz CT molecular complexity index is 1050. The number of amides is 1. The molecule has 0 heterocycles. The highest BCUT2D eigenvalue weighted by molar-refractivity contribution is 7.92. The number of nitrogens with zero attached hydrogens (tertiary/aromatic N) is 1. The molecule has 0 aliphatic rings. The van der Waals surface area contributed by atoms with E-state index in [2.05, 4.69) is 5.32 Å². The zero-order valence-corrected chi connectivity index (χ0v) is 17.1. The van der Waals surface area contributed by atoms with E-state index in [0.29, 0.717) is 10.4 Å². The van der Waals surface area contributed by atoms with Crippen LogP contribution in [0, 0.1) is 0 Å². The highest BCUT2D eigenvalue weighted by atomic mass is 32.2. The lowest BCUT2D eigenvalue weighted by Crippen LogP contribution is -2.47. The zero-order chi connectivity index (χ0) is 23.6. The maximum Gasteiger partial charge on any atom is 0.416 e. The van der Waals surface area contributed by atoms with Crippen LogP contribution < -0.4 is 9.62 Å². The van der Waals surface area contributed by atoms with E-state index >= 15 is 0 Å². The predicted molar refractivity (Wildman–Crippen MR) is 102 cm³/mol. The van der Waals surface area contributed by atoms with Crippen LogP contribution in [0.3, 0.4) is 0 Å². The molecule has 0 radical (unpaired) electrons. The number of anilines is 1. The van der Waals surface area contributed by atoms with Gasteiger partial charge in [0.1, 0.15) is 6.04 Å². The molecule has 0 bridgehead atoms. The lowest BCUT2D eigenvalue weighted by Gasteiger charge is -2.28. The molecule has 5 nitrogen and oxygen atoms in total. The molecule has 0 saturated heterocycles. The third-order valence-corrected chi connectivity index (χ3v) is 5.48. The summed E-state index contributed by atoms with van der Waals surface area (Å²) in [5, 5.41) is 2.31. The van der Waals surface area contributed by atoms with Crippen molar-refractivity contribution in [1.29, 1.82) is 0 Å². The summed E-state index contributed by atoms with van der Waals surface area (Å²) in [5.74, 6) is -0.903. The van der Waals surface area contributed by atoms with E-state index in [1.807, 2.05) is 0 Å². The first kappa shape index (κ1) is 24.5. The van der Waals surface area contributed by atoms with Crippen molar-refractivity contribution >= 4 is 21.6 Å². The topological polar surface area (TPSA) is 66.5 Å². The molecule has 0 spiro atoms. The zero-order valence-electron chi connectivity index (χ0n) is 16.3. The normalized spacial score (nSPS) is 13.5. The van der Waals surface area contributed by atoms with Crippen molar-refractivity contribution in [2.45, 2.75) is 31.9 Å². The number of nitrogens with one attached hydrogen (secondary N) is 1. The molecule has 1 amide bonds. The highest BCUT2D eigenvalue weighted by Gasteiger charge is 2.34. The lowest BCUT2D eigenvalue weighted by atomic mass is 10.1. The van der Waals surface area contributed by atoms with Gasteiger partial charge in [-0.05, 0) is 42.8 Å². The number of benzene rings is 2. The first-order valence-corrected chi connectivity index (χ1v) is 10.6. The van der Waals surface area contributed by atoms with Crippen molar-refractivity contribution in [1.82, 2.24) is 5.32 Å². The van der Waals surface area contributed by atoms with Gasteiger partial charge in [-0.25, -0.2) is 8.42 Å². The van der Waals surface area contributed by atoms with Gasteiger partial charge in [0.2, 0.25) is 15.9 Å². The molecule has 1 N–H and O–H groups in total. The largest absolute Gasteiger partial charge is 0.416 e. The summed E-state index contributed by atoms with van der Waals surface area (Å²) in [6.07, 6.45) is -8.58. The number of halogens is 6. The minimum atomic E-state index is -4.73. The lowest BCUT2D eigenvalue weighted by molar-refractivity contribution is -0.138. The summed E-state index contributed by atoms with van der Waals surface area (Å²) in [5.41, 5.74) is -2.29. The maximum absolute atomic E-state index is 13.0. The Kier molecular flexibility index (Phi) is 6.94. The van der Waals surface area contributed by atoms with Gasteiger partial charge in [-0.3, -0.25) is 9.10 Å². The number of hydrogen-bond acceptors (Lipinski definition) is 3. The average Bonchev–Trinajstić information content (AvgIpc) is 2.64. The minimum Gasteiger partial charge on any atom is -0.350 e. The molecule has 0 fully saturated rings. The van der Waals surface area contributed by atoms with E-state index in [0.717, 1.165) is 49.6 Å². The van der Waals surface area contributed by atoms with Crippen LogP contribution in [0.25, 0.3) is 0 Å². The molecule has 0 aliphatic heterocycles. The second-order valence-corrected chi connectivity index (χ2v) is 8.56. The smallest absolute Gasteiger partial charge is 0.350 e. The molecule has 12 heteroatoms. The molecule has 0 aliphatic carbocycles. The second-order valence-electron chi connectivity index (χ2n) is 6.70. The Balaban J connectivity index is 2.25. The van der Waals surface area contributed by atoms with Gasteiger partial charge in [-0.1, -0.05) is 18.2 Å². The minimum absolute atomic E-state index is 0.111. The monoisotopic (exact) mass is 468 g/mol. The second kappa shape index (κ2) is 8.77. The quantitative estimate of drug-likeness (QED) is 0.647. The van der Waals surface area contributed by atoms with Crippen molar-refractivity contribution in [3.63, 3.8) is 0 Å². The standard InChI is InChI=1S/C19H18F6N2O3S/c1-12(17(28)26-11-13-5-3-6-14(9-13)18(20,21)22)27(31(2,29)30)16-8-4-7-15(10-16)19(23,24)25/h3-10,12H,11H2,1-2H3,(H,26,28). The van der Waals surface area contributed by atoms with Crippen molar-refractivity contribution < 1.29 is 39.6 Å². The molecule has 0 aromatic heterocycles. The molecule has 2 aromatic rings. The summed E-state index contributed by atoms with van der Waals surface area (Å²) < 4.78 is 102. The van der Waals surface area contributed by atoms with Crippen LogP contribution in [0.4, 0.5) is 32.0 Å². The highest BCUT2D eigenvalue weighted by Crippen LogP contribution is 2.33. The average molecular weight is 468 g/mol. The fourth-order valence-corrected chi connectivity index (χ4v) is 3.99.